The number of amides is 2. The number of aryl methyl sites for hydroxylation is 2. The van der Waals surface area contributed by atoms with Crippen molar-refractivity contribution in [2.24, 2.45) is 0 Å². The number of hydrogen-bond acceptors (Lipinski definition) is 4. The molecule has 2 aromatic carbocycles. The Balaban J connectivity index is 1.39. The van der Waals surface area contributed by atoms with E-state index in [1.54, 1.807) is 12.1 Å². The monoisotopic (exact) mass is 398 g/mol. The maximum absolute atomic E-state index is 13.0. The molecule has 1 saturated heterocycles. The van der Waals surface area contributed by atoms with Gasteiger partial charge in [0, 0.05) is 50.6 Å². The van der Waals surface area contributed by atoms with E-state index >= 15 is 0 Å². The summed E-state index contributed by atoms with van der Waals surface area (Å²) in [6.07, 6.45) is 0. The highest BCUT2D eigenvalue weighted by molar-refractivity contribution is 6.39. The number of nitrogens with zero attached hydrogens (tertiary/aromatic N) is 2. The molecular formula is C22H27FN4O2. The van der Waals surface area contributed by atoms with Crippen LogP contribution in [0.3, 0.4) is 0 Å². The number of anilines is 2. The standard InChI is InChI=1S/C22H27FN4O2/c1-16-3-4-17(2)20(15-16)25-22(29)21(28)24-9-10-26-11-13-27(14-12-26)19-7-5-18(23)6-8-19/h3-8,15H,9-14H2,1-2H3,(H,24,28)(H,25,29). The van der Waals surface area contributed by atoms with E-state index < -0.39 is 11.8 Å². The maximum Gasteiger partial charge on any atom is 0.313 e. The van der Waals surface area contributed by atoms with Crippen molar-refractivity contribution < 1.29 is 14.0 Å². The first-order valence-corrected chi connectivity index (χ1v) is 9.81. The first-order valence-electron chi connectivity index (χ1n) is 9.81. The van der Waals surface area contributed by atoms with Gasteiger partial charge in [-0.3, -0.25) is 14.5 Å². The van der Waals surface area contributed by atoms with Crippen LogP contribution in [-0.4, -0.2) is 56.0 Å². The van der Waals surface area contributed by atoms with Gasteiger partial charge >= 0.3 is 11.8 Å². The fourth-order valence-corrected chi connectivity index (χ4v) is 3.34. The van der Waals surface area contributed by atoms with Crippen LogP contribution in [0, 0.1) is 19.7 Å². The van der Waals surface area contributed by atoms with Crippen LogP contribution in [0.4, 0.5) is 15.8 Å². The zero-order valence-corrected chi connectivity index (χ0v) is 16.9. The van der Waals surface area contributed by atoms with Gasteiger partial charge in [-0.2, -0.15) is 0 Å². The van der Waals surface area contributed by atoms with Crippen molar-refractivity contribution in [3.8, 4) is 0 Å². The van der Waals surface area contributed by atoms with Crippen molar-refractivity contribution in [2.45, 2.75) is 13.8 Å². The molecule has 0 saturated carbocycles. The molecule has 0 unspecified atom stereocenters. The smallest absolute Gasteiger partial charge is 0.313 e. The van der Waals surface area contributed by atoms with Gasteiger partial charge in [0.25, 0.3) is 0 Å². The van der Waals surface area contributed by atoms with Gasteiger partial charge in [-0.15, -0.1) is 0 Å². The normalized spacial score (nSPS) is 14.5. The Morgan fingerprint density at radius 3 is 2.34 bits per heavy atom. The molecule has 0 atom stereocenters. The summed E-state index contributed by atoms with van der Waals surface area (Å²) in [5.41, 5.74) is 3.60. The van der Waals surface area contributed by atoms with E-state index in [-0.39, 0.29) is 5.82 Å². The second-order valence-electron chi connectivity index (χ2n) is 7.33. The molecule has 2 N–H and O–H groups in total. The van der Waals surface area contributed by atoms with Gasteiger partial charge in [-0.05, 0) is 55.3 Å². The summed E-state index contributed by atoms with van der Waals surface area (Å²) in [6, 6.07) is 12.2. The highest BCUT2D eigenvalue weighted by atomic mass is 19.1. The van der Waals surface area contributed by atoms with Crippen molar-refractivity contribution in [2.75, 3.05) is 49.5 Å². The Hall–Kier alpha value is -2.93. The Morgan fingerprint density at radius 1 is 0.966 bits per heavy atom. The highest BCUT2D eigenvalue weighted by Crippen LogP contribution is 2.17. The van der Waals surface area contributed by atoms with Crippen LogP contribution < -0.4 is 15.5 Å². The Kier molecular flexibility index (Phi) is 6.82. The van der Waals surface area contributed by atoms with Gasteiger partial charge in [0.05, 0.1) is 0 Å². The molecule has 0 bridgehead atoms. The maximum atomic E-state index is 13.0. The Labute approximate surface area is 170 Å². The van der Waals surface area contributed by atoms with Crippen molar-refractivity contribution in [3.05, 3.63) is 59.4 Å². The summed E-state index contributed by atoms with van der Waals surface area (Å²) in [6.45, 7) is 8.29. The van der Waals surface area contributed by atoms with Crippen molar-refractivity contribution in [1.82, 2.24) is 10.2 Å². The van der Waals surface area contributed by atoms with Crippen LogP contribution in [0.1, 0.15) is 11.1 Å². The number of rotatable bonds is 5. The number of hydrogen-bond donors (Lipinski definition) is 2. The molecule has 6 nitrogen and oxygen atoms in total. The molecule has 0 aliphatic carbocycles. The van der Waals surface area contributed by atoms with Crippen molar-refractivity contribution in [1.29, 1.82) is 0 Å². The van der Waals surface area contributed by atoms with Gasteiger partial charge in [0.15, 0.2) is 0 Å². The Bertz CT molecular complexity index is 862. The molecule has 1 fully saturated rings. The molecule has 154 valence electrons. The van der Waals surface area contributed by atoms with Crippen LogP contribution in [-0.2, 0) is 9.59 Å². The molecular weight excluding hydrogens is 371 g/mol. The van der Waals surface area contributed by atoms with E-state index in [9.17, 15) is 14.0 Å². The Morgan fingerprint density at radius 2 is 1.66 bits per heavy atom. The largest absolute Gasteiger partial charge is 0.369 e. The molecule has 2 amide bonds. The van der Waals surface area contributed by atoms with Crippen LogP contribution in [0.15, 0.2) is 42.5 Å². The molecule has 1 heterocycles. The van der Waals surface area contributed by atoms with Crippen LogP contribution >= 0.6 is 0 Å². The fraction of sp³-hybridized carbons (Fsp3) is 0.364. The molecule has 0 spiro atoms. The summed E-state index contributed by atoms with van der Waals surface area (Å²) in [7, 11) is 0. The molecule has 7 heteroatoms. The minimum atomic E-state index is -0.653. The predicted molar refractivity (Wildman–Crippen MR) is 113 cm³/mol. The number of piperazine rings is 1. The average Bonchev–Trinajstić information content (AvgIpc) is 2.72. The highest BCUT2D eigenvalue weighted by Gasteiger charge is 2.18. The third kappa shape index (κ3) is 5.77. The molecule has 1 aliphatic heterocycles. The predicted octanol–water partition coefficient (Wildman–Crippen LogP) is 2.32. The lowest BCUT2D eigenvalue weighted by atomic mass is 10.1. The van der Waals surface area contributed by atoms with Gasteiger partial charge in [-0.25, -0.2) is 4.39 Å². The zero-order valence-electron chi connectivity index (χ0n) is 16.9. The second-order valence-corrected chi connectivity index (χ2v) is 7.33. The number of halogens is 1. The number of nitrogens with one attached hydrogen (secondary N) is 2. The summed E-state index contributed by atoms with van der Waals surface area (Å²) >= 11 is 0. The van der Waals surface area contributed by atoms with E-state index in [2.05, 4.69) is 20.4 Å². The first kappa shape index (κ1) is 20.8. The topological polar surface area (TPSA) is 64.7 Å². The summed E-state index contributed by atoms with van der Waals surface area (Å²) in [4.78, 5) is 28.6. The molecule has 3 rings (SSSR count). The van der Waals surface area contributed by atoms with Gasteiger partial charge < -0.3 is 15.5 Å². The first-order chi connectivity index (χ1) is 13.9. The summed E-state index contributed by atoms with van der Waals surface area (Å²) < 4.78 is 13.0. The van der Waals surface area contributed by atoms with E-state index in [1.165, 1.54) is 12.1 Å². The van der Waals surface area contributed by atoms with E-state index in [0.717, 1.165) is 43.0 Å². The van der Waals surface area contributed by atoms with E-state index in [4.69, 9.17) is 0 Å². The van der Waals surface area contributed by atoms with Crippen LogP contribution in [0.5, 0.6) is 0 Å². The lowest BCUT2D eigenvalue weighted by molar-refractivity contribution is -0.136. The average molecular weight is 398 g/mol. The fourth-order valence-electron chi connectivity index (χ4n) is 3.34. The van der Waals surface area contributed by atoms with Crippen LogP contribution in [0.2, 0.25) is 0 Å². The number of benzene rings is 2. The minimum absolute atomic E-state index is 0.232. The molecule has 0 radical (unpaired) electrons. The van der Waals surface area contributed by atoms with Crippen molar-refractivity contribution >= 4 is 23.2 Å². The van der Waals surface area contributed by atoms with Crippen LogP contribution in [0.25, 0.3) is 0 Å². The molecule has 29 heavy (non-hydrogen) atoms. The lowest BCUT2D eigenvalue weighted by Crippen LogP contribution is -2.49. The van der Waals surface area contributed by atoms with E-state index in [0.29, 0.717) is 18.8 Å². The molecule has 2 aromatic rings. The molecule has 1 aliphatic rings. The molecule has 0 aromatic heterocycles. The third-order valence-electron chi connectivity index (χ3n) is 5.13. The van der Waals surface area contributed by atoms with Gasteiger partial charge in [-0.1, -0.05) is 12.1 Å². The SMILES string of the molecule is Cc1ccc(C)c(NC(=O)C(=O)NCCN2CCN(c3ccc(F)cc3)CC2)c1. The quantitative estimate of drug-likeness (QED) is 0.759. The van der Waals surface area contributed by atoms with E-state index in [1.807, 2.05) is 32.0 Å². The summed E-state index contributed by atoms with van der Waals surface area (Å²) in [5, 5.41) is 5.35. The lowest BCUT2D eigenvalue weighted by Gasteiger charge is -2.36. The van der Waals surface area contributed by atoms with Crippen molar-refractivity contribution in [3.63, 3.8) is 0 Å². The number of carbonyl (C=O) groups is 2. The summed E-state index contributed by atoms with van der Waals surface area (Å²) in [5.74, 6) is -1.51. The third-order valence-corrected chi connectivity index (χ3v) is 5.13. The van der Waals surface area contributed by atoms with Gasteiger partial charge in [0.2, 0.25) is 0 Å². The minimum Gasteiger partial charge on any atom is -0.369 e. The zero-order chi connectivity index (χ0) is 20.8. The second kappa shape index (κ2) is 9.52. The number of carbonyl (C=O) groups excluding carboxylic acids is 2. The van der Waals surface area contributed by atoms with Gasteiger partial charge in [0.1, 0.15) is 5.82 Å².